The normalized spacial score (nSPS) is 23.0. The van der Waals surface area contributed by atoms with Crippen molar-refractivity contribution in [1.82, 2.24) is 25.8 Å². The molecule has 1 aliphatic rings. The Balaban J connectivity index is 1.56. The van der Waals surface area contributed by atoms with Crippen molar-refractivity contribution >= 4 is 22.8 Å². The average molecular weight is 336 g/mol. The fraction of sp³-hybridized carbons (Fsp3) is 0.278. The maximum absolute atomic E-state index is 12.5. The smallest absolute Gasteiger partial charge is 0.243 e. The molecule has 128 valence electrons. The van der Waals surface area contributed by atoms with Crippen molar-refractivity contribution in [3.05, 3.63) is 42.6 Å². The van der Waals surface area contributed by atoms with E-state index in [1.165, 1.54) is 0 Å². The monoisotopic (exact) mass is 336 g/mol. The molecule has 7 nitrogen and oxygen atoms in total. The molecule has 1 aliphatic heterocycles. The Bertz CT molecular complexity index is 906. The predicted molar refractivity (Wildman–Crippen MR) is 96.6 cm³/mol. The van der Waals surface area contributed by atoms with Crippen LogP contribution < -0.4 is 16.2 Å². The lowest BCUT2D eigenvalue weighted by atomic mass is 9.97. The summed E-state index contributed by atoms with van der Waals surface area (Å²) in [4.78, 5) is 24.6. The molecule has 3 heterocycles. The average Bonchev–Trinajstić information content (AvgIpc) is 3.19. The SMILES string of the molecule is CC1NNC(C(=O)Nc2cnc3nc(-c4ccccc4)[nH]c3c2)C1C. The van der Waals surface area contributed by atoms with Crippen molar-refractivity contribution in [2.75, 3.05) is 5.32 Å². The zero-order valence-electron chi connectivity index (χ0n) is 14.1. The number of H-pyrrole nitrogens is 1. The number of imidazole rings is 1. The number of hydrazine groups is 1. The lowest BCUT2D eigenvalue weighted by Gasteiger charge is -2.15. The van der Waals surface area contributed by atoms with Crippen LogP contribution in [0.1, 0.15) is 13.8 Å². The number of carbonyl (C=O) groups is 1. The highest BCUT2D eigenvalue weighted by molar-refractivity contribution is 5.96. The Morgan fingerprint density at radius 1 is 1.16 bits per heavy atom. The maximum atomic E-state index is 12.5. The summed E-state index contributed by atoms with van der Waals surface area (Å²) in [5, 5.41) is 2.92. The lowest BCUT2D eigenvalue weighted by molar-refractivity contribution is -0.118. The summed E-state index contributed by atoms with van der Waals surface area (Å²) in [5.74, 6) is 0.887. The number of aromatic amines is 1. The van der Waals surface area contributed by atoms with Gasteiger partial charge in [0, 0.05) is 11.6 Å². The minimum Gasteiger partial charge on any atom is -0.337 e. The van der Waals surface area contributed by atoms with Crippen LogP contribution in [-0.2, 0) is 4.79 Å². The van der Waals surface area contributed by atoms with Crippen molar-refractivity contribution in [3.63, 3.8) is 0 Å². The molecule has 0 aliphatic carbocycles. The molecule has 4 rings (SSSR count). The van der Waals surface area contributed by atoms with Gasteiger partial charge in [-0.2, -0.15) is 0 Å². The Morgan fingerprint density at radius 3 is 2.68 bits per heavy atom. The molecule has 3 aromatic rings. The first kappa shape index (κ1) is 15.7. The number of nitrogens with zero attached hydrogens (tertiary/aromatic N) is 2. The number of rotatable bonds is 3. The third-order valence-electron chi connectivity index (χ3n) is 4.72. The Hall–Kier alpha value is -2.77. The molecular weight excluding hydrogens is 316 g/mol. The number of carbonyl (C=O) groups excluding carboxylic acids is 1. The molecule has 1 saturated heterocycles. The second-order valence-corrected chi connectivity index (χ2v) is 6.45. The van der Waals surface area contributed by atoms with Crippen LogP contribution in [0.25, 0.3) is 22.6 Å². The minimum absolute atomic E-state index is 0.0756. The highest BCUT2D eigenvalue weighted by atomic mass is 16.2. The second kappa shape index (κ2) is 6.27. The van der Waals surface area contributed by atoms with E-state index in [2.05, 4.69) is 31.1 Å². The Morgan fingerprint density at radius 2 is 1.96 bits per heavy atom. The van der Waals surface area contributed by atoms with Gasteiger partial charge in [0.15, 0.2) is 5.65 Å². The number of aromatic nitrogens is 3. The molecule has 1 fully saturated rings. The van der Waals surface area contributed by atoms with Gasteiger partial charge in [0.1, 0.15) is 11.9 Å². The zero-order valence-corrected chi connectivity index (χ0v) is 14.1. The van der Waals surface area contributed by atoms with Gasteiger partial charge in [0.05, 0.1) is 17.4 Å². The van der Waals surface area contributed by atoms with E-state index in [0.29, 0.717) is 11.3 Å². The minimum atomic E-state index is -0.271. The summed E-state index contributed by atoms with van der Waals surface area (Å²) in [7, 11) is 0. The van der Waals surface area contributed by atoms with Crippen LogP contribution >= 0.6 is 0 Å². The van der Waals surface area contributed by atoms with Crippen molar-refractivity contribution in [3.8, 4) is 11.4 Å². The Kier molecular flexibility index (Phi) is 3.95. The first-order valence-corrected chi connectivity index (χ1v) is 8.35. The number of benzene rings is 1. The molecule has 1 aromatic carbocycles. The van der Waals surface area contributed by atoms with Gasteiger partial charge in [-0.25, -0.2) is 15.4 Å². The second-order valence-electron chi connectivity index (χ2n) is 6.45. The van der Waals surface area contributed by atoms with E-state index in [1.54, 1.807) is 6.20 Å². The van der Waals surface area contributed by atoms with Crippen molar-refractivity contribution in [2.24, 2.45) is 5.92 Å². The van der Waals surface area contributed by atoms with Crippen LogP contribution in [-0.4, -0.2) is 32.9 Å². The van der Waals surface area contributed by atoms with Crippen LogP contribution in [0, 0.1) is 5.92 Å². The van der Waals surface area contributed by atoms with Crippen molar-refractivity contribution in [2.45, 2.75) is 25.9 Å². The summed E-state index contributed by atoms with van der Waals surface area (Å²) < 4.78 is 0. The van der Waals surface area contributed by atoms with E-state index in [1.807, 2.05) is 50.2 Å². The first-order chi connectivity index (χ1) is 12.1. The largest absolute Gasteiger partial charge is 0.337 e. The number of anilines is 1. The molecule has 0 bridgehead atoms. The highest BCUT2D eigenvalue weighted by Gasteiger charge is 2.34. The summed E-state index contributed by atoms with van der Waals surface area (Å²) in [6.07, 6.45) is 1.63. The number of hydrogen-bond acceptors (Lipinski definition) is 5. The van der Waals surface area contributed by atoms with Gasteiger partial charge in [-0.05, 0) is 18.9 Å². The fourth-order valence-electron chi connectivity index (χ4n) is 3.00. The van der Waals surface area contributed by atoms with Crippen LogP contribution in [0.15, 0.2) is 42.6 Å². The highest BCUT2D eigenvalue weighted by Crippen LogP contribution is 2.22. The third-order valence-corrected chi connectivity index (χ3v) is 4.72. The van der Waals surface area contributed by atoms with E-state index in [0.717, 1.165) is 16.9 Å². The molecule has 0 radical (unpaired) electrons. The fourth-order valence-corrected chi connectivity index (χ4v) is 3.00. The number of nitrogens with one attached hydrogen (secondary N) is 4. The Labute approximate surface area is 145 Å². The number of pyridine rings is 1. The van der Waals surface area contributed by atoms with E-state index < -0.39 is 0 Å². The third kappa shape index (κ3) is 2.99. The van der Waals surface area contributed by atoms with Crippen molar-refractivity contribution in [1.29, 1.82) is 0 Å². The van der Waals surface area contributed by atoms with Crippen molar-refractivity contribution < 1.29 is 4.79 Å². The maximum Gasteiger partial charge on any atom is 0.243 e. The molecule has 1 amide bonds. The molecule has 25 heavy (non-hydrogen) atoms. The summed E-state index contributed by atoms with van der Waals surface area (Å²) in [6.45, 7) is 4.10. The van der Waals surface area contributed by atoms with Gasteiger partial charge in [0.25, 0.3) is 0 Å². The van der Waals surface area contributed by atoms with Gasteiger partial charge >= 0.3 is 0 Å². The lowest BCUT2D eigenvalue weighted by Crippen LogP contribution is -2.41. The number of fused-ring (bicyclic) bond motifs is 1. The summed E-state index contributed by atoms with van der Waals surface area (Å²) in [6, 6.07) is 11.7. The van der Waals surface area contributed by atoms with Gasteiger partial charge in [-0.15, -0.1) is 0 Å². The van der Waals surface area contributed by atoms with Gasteiger partial charge < -0.3 is 10.3 Å². The van der Waals surface area contributed by atoms with E-state index in [9.17, 15) is 4.79 Å². The van der Waals surface area contributed by atoms with Crippen LogP contribution in [0.4, 0.5) is 5.69 Å². The molecule has 2 aromatic heterocycles. The van der Waals surface area contributed by atoms with Gasteiger partial charge in [0.2, 0.25) is 5.91 Å². The molecule has 0 spiro atoms. The molecule has 4 N–H and O–H groups in total. The topological polar surface area (TPSA) is 94.7 Å². The number of amides is 1. The van der Waals surface area contributed by atoms with Gasteiger partial charge in [-0.1, -0.05) is 37.3 Å². The van der Waals surface area contributed by atoms with E-state index >= 15 is 0 Å². The standard InChI is InChI=1S/C18H20N6O/c1-10-11(2)23-24-15(10)18(25)20-13-8-14-17(19-9-13)22-16(21-14)12-6-4-3-5-7-12/h3-11,15,23-24H,1-2H3,(H,20,25)(H,19,21,22). The molecule has 3 unspecified atom stereocenters. The number of hydrogen-bond donors (Lipinski definition) is 4. The molecule has 0 saturated carbocycles. The first-order valence-electron chi connectivity index (χ1n) is 8.35. The molecule has 3 atom stereocenters. The van der Waals surface area contributed by atoms with E-state index in [-0.39, 0.29) is 23.9 Å². The molecule has 7 heteroatoms. The summed E-state index contributed by atoms with van der Waals surface area (Å²) in [5.41, 5.74) is 9.19. The molecular formula is C18H20N6O. The van der Waals surface area contributed by atoms with Crippen LogP contribution in [0.5, 0.6) is 0 Å². The summed E-state index contributed by atoms with van der Waals surface area (Å²) >= 11 is 0. The van der Waals surface area contributed by atoms with Crippen LogP contribution in [0.2, 0.25) is 0 Å². The quantitative estimate of drug-likeness (QED) is 0.587. The predicted octanol–water partition coefficient (Wildman–Crippen LogP) is 2.06. The van der Waals surface area contributed by atoms with Crippen LogP contribution in [0.3, 0.4) is 0 Å². The van der Waals surface area contributed by atoms with E-state index in [4.69, 9.17) is 0 Å². The van der Waals surface area contributed by atoms with Gasteiger partial charge in [-0.3, -0.25) is 10.2 Å². The zero-order chi connectivity index (χ0) is 17.4.